The molecule has 0 heterocycles. The van der Waals surface area contributed by atoms with E-state index in [1.54, 1.807) is 0 Å². The Morgan fingerprint density at radius 3 is 2.47 bits per heavy atom. The van der Waals surface area contributed by atoms with Gasteiger partial charge in [-0.25, -0.2) is 0 Å². The van der Waals surface area contributed by atoms with Crippen LogP contribution in [0.2, 0.25) is 0 Å². The van der Waals surface area contributed by atoms with Crippen molar-refractivity contribution in [2.24, 2.45) is 0 Å². The number of carboxylic acids is 1. The molecule has 0 saturated heterocycles. The van der Waals surface area contributed by atoms with Crippen LogP contribution in [0.4, 0.5) is 0 Å². The zero-order valence-corrected chi connectivity index (χ0v) is 8.83. The number of aliphatic hydroxyl groups is 1. The van der Waals surface area contributed by atoms with Gasteiger partial charge in [0.15, 0.2) is 0 Å². The summed E-state index contributed by atoms with van der Waals surface area (Å²) in [6.45, 7) is -0.386. The molecule has 0 amide bonds. The number of rotatable bonds is 7. The van der Waals surface area contributed by atoms with E-state index < -0.39 is 22.2 Å². The van der Waals surface area contributed by atoms with Gasteiger partial charge in [-0.05, 0) is 19.3 Å². The molecule has 0 aromatic heterocycles. The predicted molar refractivity (Wildman–Crippen MR) is 51.3 cm³/mol. The summed E-state index contributed by atoms with van der Waals surface area (Å²) in [5.41, 5.74) is 0. The first-order valence-corrected chi connectivity index (χ1v) is 6.06. The number of carboxylic acid groups (broad SMARTS) is 1. The van der Waals surface area contributed by atoms with Gasteiger partial charge < -0.3 is 10.2 Å². The third-order valence-corrected chi connectivity index (χ3v) is 3.15. The second-order valence-electron chi connectivity index (χ2n) is 3.42. The van der Waals surface area contributed by atoms with Crippen LogP contribution in [0.1, 0.15) is 19.3 Å². The van der Waals surface area contributed by atoms with Crippen molar-refractivity contribution in [2.45, 2.75) is 31.3 Å². The van der Waals surface area contributed by atoms with Gasteiger partial charge in [0.1, 0.15) is 6.04 Å². The molecule has 0 aromatic rings. The second-order valence-corrected chi connectivity index (χ2v) is 4.89. The minimum Gasteiger partial charge on any atom is -0.480 e. The summed E-state index contributed by atoms with van der Waals surface area (Å²) in [5, 5.41) is 17.2. The summed E-state index contributed by atoms with van der Waals surface area (Å²) >= 11 is 0. The lowest BCUT2D eigenvalue weighted by Crippen LogP contribution is -2.47. The number of hydrogen-bond donors (Lipinski definition) is 4. The van der Waals surface area contributed by atoms with Crippen molar-refractivity contribution in [1.29, 1.82) is 0 Å². The van der Waals surface area contributed by atoms with E-state index in [0.717, 1.165) is 12.8 Å². The zero-order chi connectivity index (χ0) is 11.5. The number of nitrogens with one attached hydrogen (secondary N) is 2. The van der Waals surface area contributed by atoms with Gasteiger partial charge in [0, 0.05) is 12.6 Å². The zero-order valence-electron chi connectivity index (χ0n) is 8.01. The lowest BCUT2D eigenvalue weighted by atomic mass is 10.2. The monoisotopic (exact) mass is 238 g/mol. The smallest absolute Gasteiger partial charge is 0.321 e. The van der Waals surface area contributed by atoms with E-state index in [1.807, 2.05) is 4.72 Å². The molecule has 1 fully saturated rings. The summed E-state index contributed by atoms with van der Waals surface area (Å²) in [7, 11) is -3.78. The minimum atomic E-state index is -3.78. The highest BCUT2D eigenvalue weighted by molar-refractivity contribution is 7.87. The third-order valence-electron chi connectivity index (χ3n) is 1.91. The van der Waals surface area contributed by atoms with Gasteiger partial charge in [0.25, 0.3) is 10.2 Å². The van der Waals surface area contributed by atoms with Crippen LogP contribution in [-0.2, 0) is 15.0 Å². The van der Waals surface area contributed by atoms with E-state index in [4.69, 9.17) is 10.2 Å². The first kappa shape index (κ1) is 12.4. The Hall–Kier alpha value is -0.700. The van der Waals surface area contributed by atoms with Crippen molar-refractivity contribution in [1.82, 2.24) is 9.44 Å². The van der Waals surface area contributed by atoms with Crippen LogP contribution in [0.5, 0.6) is 0 Å². The van der Waals surface area contributed by atoms with Crippen LogP contribution in [0.3, 0.4) is 0 Å². The SMILES string of the molecule is O=C(O)[C@H](CCO)NS(=O)(=O)NC1CC1. The molecule has 1 aliphatic carbocycles. The standard InChI is InChI=1S/C7H14N2O5S/c10-4-3-6(7(11)12)9-15(13,14)8-5-1-2-5/h5-6,8-10H,1-4H2,(H,11,12)/t6-/m0/s1. The van der Waals surface area contributed by atoms with Gasteiger partial charge in [-0.2, -0.15) is 17.9 Å². The average Bonchev–Trinajstić information content (AvgIpc) is 2.86. The summed E-state index contributed by atoms with van der Waals surface area (Å²) in [4.78, 5) is 10.6. The molecule has 1 rings (SSSR count). The van der Waals surface area contributed by atoms with Crippen molar-refractivity contribution >= 4 is 16.2 Å². The molecule has 4 N–H and O–H groups in total. The Balaban J connectivity index is 2.51. The largest absolute Gasteiger partial charge is 0.480 e. The Bertz CT molecular complexity index is 324. The minimum absolute atomic E-state index is 0.0777. The highest BCUT2D eigenvalue weighted by Gasteiger charge is 2.30. The predicted octanol–water partition coefficient (Wildman–Crippen LogP) is -1.59. The first-order chi connectivity index (χ1) is 6.94. The van der Waals surface area contributed by atoms with Crippen LogP contribution in [-0.4, -0.2) is 43.3 Å². The molecule has 0 aliphatic heterocycles. The number of carbonyl (C=O) groups is 1. The van der Waals surface area contributed by atoms with Gasteiger partial charge in [-0.3, -0.25) is 4.79 Å². The maximum atomic E-state index is 11.3. The van der Waals surface area contributed by atoms with Gasteiger partial charge >= 0.3 is 5.97 Å². The molecular formula is C7H14N2O5S. The molecule has 7 nitrogen and oxygen atoms in total. The molecule has 0 spiro atoms. The molecule has 1 saturated carbocycles. The van der Waals surface area contributed by atoms with Crippen LogP contribution >= 0.6 is 0 Å². The molecule has 15 heavy (non-hydrogen) atoms. The van der Waals surface area contributed by atoms with Gasteiger partial charge in [-0.1, -0.05) is 0 Å². The van der Waals surface area contributed by atoms with Crippen LogP contribution < -0.4 is 9.44 Å². The molecule has 0 unspecified atom stereocenters. The quantitative estimate of drug-likeness (QED) is 0.426. The van der Waals surface area contributed by atoms with E-state index in [1.165, 1.54) is 0 Å². The maximum absolute atomic E-state index is 11.3. The Labute approximate surface area is 87.7 Å². The molecule has 0 aromatic carbocycles. The van der Waals surface area contributed by atoms with Crippen molar-refractivity contribution in [3.05, 3.63) is 0 Å². The Morgan fingerprint density at radius 1 is 1.47 bits per heavy atom. The highest BCUT2D eigenvalue weighted by Crippen LogP contribution is 2.19. The van der Waals surface area contributed by atoms with Gasteiger partial charge in [-0.15, -0.1) is 0 Å². The highest BCUT2D eigenvalue weighted by atomic mass is 32.2. The van der Waals surface area contributed by atoms with E-state index in [9.17, 15) is 13.2 Å². The van der Waals surface area contributed by atoms with Gasteiger partial charge in [0.05, 0.1) is 0 Å². The lowest BCUT2D eigenvalue weighted by Gasteiger charge is -2.13. The molecule has 0 bridgehead atoms. The van der Waals surface area contributed by atoms with Crippen LogP contribution in [0, 0.1) is 0 Å². The van der Waals surface area contributed by atoms with Crippen LogP contribution in [0.15, 0.2) is 0 Å². The molecular weight excluding hydrogens is 224 g/mol. The first-order valence-electron chi connectivity index (χ1n) is 4.58. The topological polar surface area (TPSA) is 116 Å². The summed E-state index contributed by atoms with van der Waals surface area (Å²) in [6, 6.07) is -1.36. The average molecular weight is 238 g/mol. The fraction of sp³-hybridized carbons (Fsp3) is 0.857. The lowest BCUT2D eigenvalue weighted by molar-refractivity contribution is -0.139. The second kappa shape index (κ2) is 4.88. The number of aliphatic hydroxyl groups excluding tert-OH is 1. The van der Waals surface area contributed by atoms with Crippen molar-refractivity contribution in [3.63, 3.8) is 0 Å². The molecule has 8 heteroatoms. The number of aliphatic carboxylic acids is 1. The van der Waals surface area contributed by atoms with E-state index >= 15 is 0 Å². The third kappa shape index (κ3) is 4.56. The fourth-order valence-corrected chi connectivity index (χ4v) is 2.34. The van der Waals surface area contributed by atoms with Crippen molar-refractivity contribution in [2.75, 3.05) is 6.61 Å². The molecule has 1 aliphatic rings. The molecule has 0 radical (unpaired) electrons. The number of hydrogen-bond acceptors (Lipinski definition) is 4. The summed E-state index contributed by atoms with van der Waals surface area (Å²) < 4.78 is 26.9. The fourth-order valence-electron chi connectivity index (χ4n) is 1.00. The van der Waals surface area contributed by atoms with Crippen LogP contribution in [0.25, 0.3) is 0 Å². The van der Waals surface area contributed by atoms with Crippen molar-refractivity contribution < 1.29 is 23.4 Å². The molecule has 88 valence electrons. The van der Waals surface area contributed by atoms with E-state index in [-0.39, 0.29) is 19.1 Å². The Morgan fingerprint density at radius 2 is 2.07 bits per heavy atom. The summed E-state index contributed by atoms with van der Waals surface area (Å²) in [6.07, 6.45) is 1.40. The molecule has 1 atom stereocenters. The van der Waals surface area contributed by atoms with Crippen molar-refractivity contribution in [3.8, 4) is 0 Å². The summed E-state index contributed by atoms with van der Waals surface area (Å²) in [5.74, 6) is -1.30. The van der Waals surface area contributed by atoms with Gasteiger partial charge in [0.2, 0.25) is 0 Å². The van der Waals surface area contributed by atoms with E-state index in [2.05, 4.69) is 4.72 Å². The normalized spacial score (nSPS) is 18.7. The maximum Gasteiger partial charge on any atom is 0.321 e. The van der Waals surface area contributed by atoms with E-state index in [0.29, 0.717) is 0 Å². The Kier molecular flexibility index (Phi) is 4.03.